The van der Waals surface area contributed by atoms with E-state index in [0.29, 0.717) is 16.7 Å². The first-order valence-corrected chi connectivity index (χ1v) is 14.0. The highest BCUT2D eigenvalue weighted by Crippen LogP contribution is 2.33. The third-order valence-electron chi connectivity index (χ3n) is 7.46. The average molecular weight is 573 g/mol. The van der Waals surface area contributed by atoms with Crippen LogP contribution in [0.15, 0.2) is 60.8 Å². The van der Waals surface area contributed by atoms with E-state index >= 15 is 0 Å². The van der Waals surface area contributed by atoms with Crippen LogP contribution in [0.3, 0.4) is 0 Å². The molecule has 1 aromatic heterocycles. The molecule has 212 valence electrons. The van der Waals surface area contributed by atoms with Crippen molar-refractivity contribution in [2.45, 2.75) is 51.1 Å². The number of carbonyl (C=O) groups excluding carboxylic acids is 1. The second kappa shape index (κ2) is 12.5. The van der Waals surface area contributed by atoms with Crippen molar-refractivity contribution in [1.82, 2.24) is 15.2 Å². The number of carbonyl (C=O) groups is 1. The number of ether oxygens (including phenoxy) is 1. The minimum atomic E-state index is -4.76. The lowest BCUT2D eigenvalue weighted by Crippen LogP contribution is -2.44. The van der Waals surface area contributed by atoms with E-state index in [9.17, 15) is 18.0 Å². The number of aromatic nitrogens is 1. The molecule has 10 heteroatoms. The molecule has 0 aliphatic carbocycles. The number of amides is 1. The fraction of sp³-hybridized carbons (Fsp3) is 0.400. The number of piperidine rings is 2. The summed E-state index contributed by atoms with van der Waals surface area (Å²) in [6.07, 6.45) is 2.61. The number of benzene rings is 2. The summed E-state index contributed by atoms with van der Waals surface area (Å²) in [4.78, 5) is 22.5. The fourth-order valence-corrected chi connectivity index (χ4v) is 5.66. The molecule has 0 unspecified atom stereocenters. The van der Waals surface area contributed by atoms with Gasteiger partial charge in [0.1, 0.15) is 11.6 Å². The van der Waals surface area contributed by atoms with Gasteiger partial charge in [-0.05, 0) is 67.5 Å². The number of nitrogens with one attached hydrogen (secondary N) is 1. The van der Waals surface area contributed by atoms with Gasteiger partial charge in [0.2, 0.25) is 0 Å². The van der Waals surface area contributed by atoms with Crippen LogP contribution in [0.25, 0.3) is 11.1 Å². The van der Waals surface area contributed by atoms with Crippen LogP contribution in [-0.4, -0.2) is 54.4 Å². The normalized spacial score (nSPS) is 17.1. The van der Waals surface area contributed by atoms with Crippen LogP contribution in [0, 0.1) is 0 Å². The standard InChI is InChI=1S/C30H32ClF3N4O2/c31-28-25(22-8-10-24(11-9-22)40-30(32,33)34)5-4-6-26(28)29(39)36-23-13-17-37(18-14-23)20-21-7-12-27(35-19-21)38-15-2-1-3-16-38/h4-12,19,23H,1-3,13-18,20H2,(H,36,39). The molecular formula is C30H32ClF3N4O2. The molecule has 2 saturated heterocycles. The Morgan fingerprint density at radius 1 is 0.975 bits per heavy atom. The van der Waals surface area contributed by atoms with E-state index in [1.165, 1.54) is 49.1 Å². The molecule has 0 atom stereocenters. The van der Waals surface area contributed by atoms with Crippen molar-refractivity contribution in [3.63, 3.8) is 0 Å². The first-order chi connectivity index (χ1) is 19.2. The molecule has 0 radical (unpaired) electrons. The third-order valence-corrected chi connectivity index (χ3v) is 7.87. The summed E-state index contributed by atoms with van der Waals surface area (Å²) in [5.41, 5.74) is 2.66. The molecule has 0 bridgehead atoms. The van der Waals surface area contributed by atoms with Gasteiger partial charge in [0.05, 0.1) is 10.6 Å². The first kappa shape index (κ1) is 28.2. The van der Waals surface area contributed by atoms with Crippen molar-refractivity contribution in [2.24, 2.45) is 0 Å². The maximum absolute atomic E-state index is 13.1. The lowest BCUT2D eigenvalue weighted by atomic mass is 10.0. The number of likely N-dealkylation sites (tertiary alicyclic amines) is 1. The van der Waals surface area contributed by atoms with E-state index in [1.54, 1.807) is 18.2 Å². The van der Waals surface area contributed by atoms with Crippen LogP contribution in [0.2, 0.25) is 5.02 Å². The van der Waals surface area contributed by atoms with Crippen LogP contribution in [0.1, 0.15) is 48.0 Å². The lowest BCUT2D eigenvalue weighted by Gasteiger charge is -2.32. The average Bonchev–Trinajstić information content (AvgIpc) is 2.95. The van der Waals surface area contributed by atoms with Crippen LogP contribution >= 0.6 is 11.6 Å². The van der Waals surface area contributed by atoms with E-state index in [1.807, 2.05) is 6.20 Å². The Hall–Kier alpha value is -3.30. The van der Waals surface area contributed by atoms with E-state index in [-0.39, 0.29) is 22.7 Å². The van der Waals surface area contributed by atoms with Crippen molar-refractivity contribution in [1.29, 1.82) is 0 Å². The number of rotatable bonds is 7. The molecule has 3 aromatic rings. The third kappa shape index (κ3) is 7.26. The van der Waals surface area contributed by atoms with Crippen LogP contribution in [-0.2, 0) is 6.54 Å². The summed E-state index contributed by atoms with van der Waals surface area (Å²) < 4.78 is 41.3. The molecule has 2 aromatic carbocycles. The molecular weight excluding hydrogens is 541 g/mol. The van der Waals surface area contributed by atoms with E-state index < -0.39 is 6.36 Å². The number of halogens is 4. The molecule has 2 fully saturated rings. The molecule has 3 heterocycles. The highest BCUT2D eigenvalue weighted by molar-refractivity contribution is 6.36. The van der Waals surface area contributed by atoms with Gasteiger partial charge < -0.3 is 15.0 Å². The zero-order valence-electron chi connectivity index (χ0n) is 22.1. The Bertz CT molecular complexity index is 1290. The SMILES string of the molecule is O=C(NC1CCN(Cc2ccc(N3CCCCC3)nc2)CC1)c1cccc(-c2ccc(OC(F)(F)F)cc2)c1Cl. The Morgan fingerprint density at radius 3 is 2.35 bits per heavy atom. The predicted octanol–water partition coefficient (Wildman–Crippen LogP) is 6.69. The van der Waals surface area contributed by atoms with Crippen molar-refractivity contribution >= 4 is 23.3 Å². The largest absolute Gasteiger partial charge is 0.573 e. The van der Waals surface area contributed by atoms with Crippen LogP contribution in [0.5, 0.6) is 5.75 Å². The van der Waals surface area contributed by atoms with Gasteiger partial charge in [-0.25, -0.2) is 4.98 Å². The number of nitrogens with zero attached hydrogens (tertiary/aromatic N) is 3. The topological polar surface area (TPSA) is 57.7 Å². The smallest absolute Gasteiger partial charge is 0.406 e. The Labute approximate surface area is 237 Å². The van der Waals surface area contributed by atoms with Crippen LogP contribution in [0.4, 0.5) is 19.0 Å². The number of hydrogen-bond acceptors (Lipinski definition) is 5. The van der Waals surface area contributed by atoms with E-state index in [0.717, 1.165) is 51.4 Å². The van der Waals surface area contributed by atoms with Gasteiger partial charge in [0.25, 0.3) is 5.91 Å². The van der Waals surface area contributed by atoms with E-state index in [2.05, 4.69) is 37.0 Å². The van der Waals surface area contributed by atoms with Crippen molar-refractivity contribution < 1.29 is 22.7 Å². The molecule has 0 spiro atoms. The van der Waals surface area contributed by atoms with Gasteiger partial charge in [0, 0.05) is 50.5 Å². The van der Waals surface area contributed by atoms with Gasteiger partial charge in [-0.1, -0.05) is 41.9 Å². The summed E-state index contributed by atoms with van der Waals surface area (Å²) in [6, 6.07) is 14.8. The second-order valence-electron chi connectivity index (χ2n) is 10.3. The maximum Gasteiger partial charge on any atom is 0.573 e. The number of anilines is 1. The number of hydrogen-bond donors (Lipinski definition) is 1. The van der Waals surface area contributed by atoms with Crippen LogP contribution < -0.4 is 15.0 Å². The van der Waals surface area contributed by atoms with Crippen molar-refractivity contribution in [2.75, 3.05) is 31.1 Å². The van der Waals surface area contributed by atoms with Gasteiger partial charge in [-0.2, -0.15) is 0 Å². The fourth-order valence-electron chi connectivity index (χ4n) is 5.34. The van der Waals surface area contributed by atoms with Gasteiger partial charge >= 0.3 is 6.36 Å². The first-order valence-electron chi connectivity index (χ1n) is 13.6. The maximum atomic E-state index is 13.1. The minimum absolute atomic E-state index is 0.0295. The molecule has 5 rings (SSSR count). The highest BCUT2D eigenvalue weighted by Gasteiger charge is 2.31. The van der Waals surface area contributed by atoms with Crippen molar-refractivity contribution in [3.05, 3.63) is 76.9 Å². The molecule has 2 aliphatic heterocycles. The quantitative estimate of drug-likeness (QED) is 0.342. The highest BCUT2D eigenvalue weighted by atomic mass is 35.5. The molecule has 1 N–H and O–H groups in total. The Kier molecular flexibility index (Phi) is 8.81. The molecule has 2 aliphatic rings. The molecule has 6 nitrogen and oxygen atoms in total. The van der Waals surface area contributed by atoms with Gasteiger partial charge in [-0.3, -0.25) is 9.69 Å². The second-order valence-corrected chi connectivity index (χ2v) is 10.7. The molecule has 0 saturated carbocycles. The number of alkyl halides is 3. The summed E-state index contributed by atoms with van der Waals surface area (Å²) in [5.74, 6) is 0.471. The van der Waals surface area contributed by atoms with Gasteiger partial charge in [-0.15, -0.1) is 13.2 Å². The zero-order valence-corrected chi connectivity index (χ0v) is 22.8. The zero-order chi connectivity index (χ0) is 28.1. The monoisotopic (exact) mass is 572 g/mol. The Morgan fingerprint density at radius 2 is 1.70 bits per heavy atom. The predicted molar refractivity (Wildman–Crippen MR) is 150 cm³/mol. The lowest BCUT2D eigenvalue weighted by molar-refractivity contribution is -0.274. The number of pyridine rings is 1. The summed E-state index contributed by atoms with van der Waals surface area (Å²) in [7, 11) is 0. The summed E-state index contributed by atoms with van der Waals surface area (Å²) in [5, 5.41) is 3.36. The summed E-state index contributed by atoms with van der Waals surface area (Å²) in [6.45, 7) is 4.70. The van der Waals surface area contributed by atoms with Gasteiger partial charge in [0.15, 0.2) is 0 Å². The minimum Gasteiger partial charge on any atom is -0.406 e. The van der Waals surface area contributed by atoms with E-state index in [4.69, 9.17) is 11.6 Å². The Balaban J connectivity index is 1.14. The van der Waals surface area contributed by atoms with Crippen molar-refractivity contribution in [3.8, 4) is 16.9 Å². The summed E-state index contributed by atoms with van der Waals surface area (Å²) >= 11 is 6.59. The molecule has 1 amide bonds. The molecule has 40 heavy (non-hydrogen) atoms.